The third-order valence-electron chi connectivity index (χ3n) is 3.13. The Balaban J connectivity index is 1.91. The van der Waals surface area contributed by atoms with Gasteiger partial charge in [-0.15, -0.1) is 0 Å². The Morgan fingerprint density at radius 3 is 3.16 bits per heavy atom. The van der Waals surface area contributed by atoms with E-state index in [1.165, 1.54) is 0 Å². The van der Waals surface area contributed by atoms with E-state index in [-0.39, 0.29) is 0 Å². The first-order valence-corrected chi connectivity index (χ1v) is 6.76. The van der Waals surface area contributed by atoms with Gasteiger partial charge in [-0.25, -0.2) is 4.99 Å². The van der Waals surface area contributed by atoms with Crippen LogP contribution in [-0.4, -0.2) is 49.4 Å². The number of hydrogen-bond acceptors (Lipinski definition) is 4. The third-order valence-corrected chi connectivity index (χ3v) is 3.13. The molecule has 2 rings (SSSR count). The molecule has 6 nitrogen and oxygen atoms in total. The smallest absolute Gasteiger partial charge is 0.194 e. The Morgan fingerprint density at radius 2 is 2.53 bits per heavy atom. The van der Waals surface area contributed by atoms with Gasteiger partial charge in [-0.1, -0.05) is 5.16 Å². The largest absolute Gasteiger partial charge is 0.381 e. The average Bonchev–Trinajstić information content (AvgIpc) is 3.07. The molecule has 0 saturated carbocycles. The maximum atomic E-state index is 5.41. The van der Waals surface area contributed by atoms with E-state index in [0.717, 1.165) is 44.4 Å². The molecule has 0 aliphatic carbocycles. The first-order valence-electron chi connectivity index (χ1n) is 6.76. The van der Waals surface area contributed by atoms with Crippen LogP contribution >= 0.6 is 0 Å². The molecule has 1 atom stereocenters. The molecule has 1 N–H and O–H groups in total. The van der Waals surface area contributed by atoms with Gasteiger partial charge in [-0.3, -0.25) is 0 Å². The molecule has 1 fully saturated rings. The van der Waals surface area contributed by atoms with Gasteiger partial charge in [-0.2, -0.15) is 0 Å². The van der Waals surface area contributed by atoms with Crippen LogP contribution in [0.4, 0.5) is 0 Å². The zero-order valence-electron chi connectivity index (χ0n) is 11.6. The number of nitrogens with one attached hydrogen (secondary N) is 1. The van der Waals surface area contributed by atoms with Crippen LogP contribution in [0.25, 0.3) is 0 Å². The summed E-state index contributed by atoms with van der Waals surface area (Å²) in [4.78, 5) is 6.72. The maximum Gasteiger partial charge on any atom is 0.194 e. The summed E-state index contributed by atoms with van der Waals surface area (Å²) < 4.78 is 10.2. The summed E-state index contributed by atoms with van der Waals surface area (Å²) in [6, 6.07) is 1.83. The fraction of sp³-hybridized carbons (Fsp3) is 0.692. The van der Waals surface area contributed by atoms with Crippen molar-refractivity contribution in [2.24, 2.45) is 10.9 Å². The van der Waals surface area contributed by atoms with Gasteiger partial charge in [0.05, 0.1) is 13.2 Å². The number of ether oxygens (including phenoxy) is 1. The van der Waals surface area contributed by atoms with Crippen LogP contribution in [0.5, 0.6) is 0 Å². The summed E-state index contributed by atoms with van der Waals surface area (Å²) >= 11 is 0. The highest BCUT2D eigenvalue weighted by molar-refractivity contribution is 5.79. The monoisotopic (exact) mass is 266 g/mol. The number of nitrogens with zero attached hydrogens (tertiary/aromatic N) is 3. The molecular weight excluding hydrogens is 244 g/mol. The molecule has 0 bridgehead atoms. The van der Waals surface area contributed by atoms with Crippen molar-refractivity contribution in [2.75, 3.05) is 33.4 Å². The van der Waals surface area contributed by atoms with Crippen molar-refractivity contribution in [2.45, 2.75) is 19.9 Å². The SMILES string of the molecule is CCNC(=NCc1ccon1)N(C)CC1CCOC1. The molecule has 1 saturated heterocycles. The third kappa shape index (κ3) is 4.24. The van der Waals surface area contributed by atoms with Crippen LogP contribution in [0, 0.1) is 5.92 Å². The average molecular weight is 266 g/mol. The highest BCUT2D eigenvalue weighted by Gasteiger charge is 2.19. The number of aromatic nitrogens is 1. The van der Waals surface area contributed by atoms with Gasteiger partial charge >= 0.3 is 0 Å². The van der Waals surface area contributed by atoms with Crippen molar-refractivity contribution in [1.82, 2.24) is 15.4 Å². The molecule has 0 radical (unpaired) electrons. The predicted molar refractivity (Wildman–Crippen MR) is 72.9 cm³/mol. The van der Waals surface area contributed by atoms with E-state index in [9.17, 15) is 0 Å². The minimum absolute atomic E-state index is 0.532. The van der Waals surface area contributed by atoms with E-state index in [1.807, 2.05) is 6.07 Å². The lowest BCUT2D eigenvalue weighted by atomic mass is 10.1. The normalized spacial score (nSPS) is 19.7. The van der Waals surface area contributed by atoms with Crippen molar-refractivity contribution in [3.8, 4) is 0 Å². The number of hydrogen-bond donors (Lipinski definition) is 1. The summed E-state index contributed by atoms with van der Waals surface area (Å²) in [6.07, 6.45) is 2.70. The molecule has 1 unspecified atom stereocenters. The van der Waals surface area contributed by atoms with Crippen LogP contribution in [0.3, 0.4) is 0 Å². The first kappa shape index (κ1) is 13.9. The molecule has 19 heavy (non-hydrogen) atoms. The molecule has 1 aliphatic rings. The van der Waals surface area contributed by atoms with Gasteiger partial charge < -0.3 is 19.5 Å². The summed E-state index contributed by atoms with van der Waals surface area (Å²) in [7, 11) is 2.06. The molecule has 2 heterocycles. The molecular formula is C13H22N4O2. The molecule has 1 aromatic heterocycles. The van der Waals surface area contributed by atoms with E-state index >= 15 is 0 Å². The van der Waals surface area contributed by atoms with Crippen molar-refractivity contribution in [3.63, 3.8) is 0 Å². The van der Waals surface area contributed by atoms with Crippen molar-refractivity contribution >= 4 is 5.96 Å². The van der Waals surface area contributed by atoms with Crippen LogP contribution < -0.4 is 5.32 Å². The Hall–Kier alpha value is -1.56. The first-order chi connectivity index (χ1) is 9.29. The molecule has 6 heteroatoms. The lowest BCUT2D eigenvalue weighted by Crippen LogP contribution is -2.41. The lowest BCUT2D eigenvalue weighted by Gasteiger charge is -2.24. The molecule has 1 aromatic rings. The van der Waals surface area contributed by atoms with Crippen LogP contribution in [0.15, 0.2) is 21.8 Å². The van der Waals surface area contributed by atoms with E-state index in [4.69, 9.17) is 9.26 Å². The van der Waals surface area contributed by atoms with Crippen molar-refractivity contribution in [3.05, 3.63) is 18.0 Å². The fourth-order valence-corrected chi connectivity index (χ4v) is 2.15. The summed E-state index contributed by atoms with van der Waals surface area (Å²) in [6.45, 7) is 6.15. The zero-order valence-corrected chi connectivity index (χ0v) is 11.6. The predicted octanol–water partition coefficient (Wildman–Crippen LogP) is 1.11. The van der Waals surface area contributed by atoms with Crippen molar-refractivity contribution in [1.29, 1.82) is 0 Å². The van der Waals surface area contributed by atoms with Gasteiger partial charge in [0.1, 0.15) is 12.0 Å². The Kier molecular flexibility index (Phi) is 5.20. The van der Waals surface area contributed by atoms with Gasteiger partial charge in [0.15, 0.2) is 5.96 Å². The highest BCUT2D eigenvalue weighted by atomic mass is 16.5. The van der Waals surface area contributed by atoms with Gasteiger partial charge in [-0.05, 0) is 13.3 Å². The van der Waals surface area contributed by atoms with Crippen LogP contribution in [0.2, 0.25) is 0 Å². The van der Waals surface area contributed by atoms with Crippen LogP contribution in [-0.2, 0) is 11.3 Å². The van der Waals surface area contributed by atoms with Gasteiger partial charge in [0, 0.05) is 38.7 Å². The summed E-state index contributed by atoms with van der Waals surface area (Å²) in [5.41, 5.74) is 0.841. The van der Waals surface area contributed by atoms with Gasteiger partial charge in [0.2, 0.25) is 0 Å². The minimum Gasteiger partial charge on any atom is -0.381 e. The molecule has 106 valence electrons. The maximum absolute atomic E-state index is 5.41. The Bertz CT molecular complexity index is 385. The summed E-state index contributed by atoms with van der Waals surface area (Å²) in [5, 5.41) is 7.16. The van der Waals surface area contributed by atoms with Crippen molar-refractivity contribution < 1.29 is 9.26 Å². The second-order valence-electron chi connectivity index (χ2n) is 4.77. The zero-order chi connectivity index (χ0) is 13.5. The van der Waals surface area contributed by atoms with Gasteiger partial charge in [0.25, 0.3) is 0 Å². The fourth-order valence-electron chi connectivity index (χ4n) is 2.15. The van der Waals surface area contributed by atoms with E-state index in [2.05, 4.69) is 34.3 Å². The Labute approximate surface area is 113 Å². The topological polar surface area (TPSA) is 62.9 Å². The van der Waals surface area contributed by atoms with Crippen LogP contribution in [0.1, 0.15) is 19.0 Å². The lowest BCUT2D eigenvalue weighted by molar-refractivity contribution is 0.181. The standard InChI is InChI=1S/C13H22N4O2/c1-3-14-13(15-8-12-5-7-19-16-12)17(2)9-11-4-6-18-10-11/h5,7,11H,3-4,6,8-10H2,1-2H3,(H,14,15). The highest BCUT2D eigenvalue weighted by Crippen LogP contribution is 2.13. The minimum atomic E-state index is 0.532. The molecule has 0 spiro atoms. The number of aliphatic imine (C=N–C) groups is 1. The van der Waals surface area contributed by atoms with E-state index < -0.39 is 0 Å². The Morgan fingerprint density at radius 1 is 1.63 bits per heavy atom. The second-order valence-corrected chi connectivity index (χ2v) is 4.77. The molecule has 0 amide bonds. The molecule has 1 aliphatic heterocycles. The quantitative estimate of drug-likeness (QED) is 0.639. The molecule has 0 aromatic carbocycles. The van der Waals surface area contributed by atoms with E-state index in [0.29, 0.717) is 12.5 Å². The summed E-state index contributed by atoms with van der Waals surface area (Å²) in [5.74, 6) is 1.50. The number of guanidine groups is 1. The van der Waals surface area contributed by atoms with E-state index in [1.54, 1.807) is 6.26 Å². The second kappa shape index (κ2) is 7.13. The number of rotatable bonds is 5.